The highest BCUT2D eigenvalue weighted by molar-refractivity contribution is 5.78. The Balaban J connectivity index is 1.15. The first-order chi connectivity index (χ1) is 21.6. The van der Waals surface area contributed by atoms with E-state index >= 15 is 0 Å². The van der Waals surface area contributed by atoms with Crippen molar-refractivity contribution in [2.24, 2.45) is 5.41 Å². The molecule has 3 unspecified atom stereocenters. The van der Waals surface area contributed by atoms with Gasteiger partial charge in [-0.25, -0.2) is 0 Å². The Morgan fingerprint density at radius 2 is 1.58 bits per heavy atom. The lowest BCUT2D eigenvalue weighted by Crippen LogP contribution is -2.43. The van der Waals surface area contributed by atoms with Crippen molar-refractivity contribution in [2.75, 3.05) is 25.6 Å². The zero-order valence-electron chi connectivity index (χ0n) is 28.0. The third kappa shape index (κ3) is 7.01. The molecule has 0 aromatic heterocycles. The second kappa shape index (κ2) is 13.1. The number of nitrogens with zero attached hydrogens (tertiary/aromatic N) is 2. The van der Waals surface area contributed by atoms with Crippen LogP contribution in [0.2, 0.25) is 0 Å². The van der Waals surface area contributed by atoms with Gasteiger partial charge in [-0.1, -0.05) is 24.3 Å². The molecule has 2 saturated heterocycles. The van der Waals surface area contributed by atoms with Crippen molar-refractivity contribution in [2.45, 2.75) is 103 Å². The molecule has 6 nitrogen and oxygen atoms in total. The second-order valence-electron chi connectivity index (χ2n) is 14.4. The van der Waals surface area contributed by atoms with Crippen molar-refractivity contribution in [1.82, 2.24) is 4.90 Å². The predicted molar refractivity (Wildman–Crippen MR) is 181 cm³/mol. The molecule has 45 heavy (non-hydrogen) atoms. The number of benzene rings is 3. The average Bonchev–Trinajstić information content (AvgIpc) is 3.23. The lowest BCUT2D eigenvalue weighted by atomic mass is 9.79. The van der Waals surface area contributed by atoms with Crippen molar-refractivity contribution in [1.29, 1.82) is 0 Å². The number of anilines is 1. The molecule has 240 valence electrons. The number of hydrogen-bond donors (Lipinski definition) is 0. The van der Waals surface area contributed by atoms with Crippen molar-refractivity contribution in [3.63, 3.8) is 0 Å². The summed E-state index contributed by atoms with van der Waals surface area (Å²) in [5, 5.41) is 0. The van der Waals surface area contributed by atoms with Gasteiger partial charge in [-0.15, -0.1) is 0 Å². The van der Waals surface area contributed by atoms with Crippen LogP contribution in [0.15, 0.2) is 60.7 Å². The van der Waals surface area contributed by atoms with Gasteiger partial charge < -0.3 is 24.0 Å². The molecule has 3 aromatic carbocycles. The number of ether oxygens (including phenoxy) is 3. The summed E-state index contributed by atoms with van der Waals surface area (Å²) in [5.41, 5.74) is 5.96. The molecule has 6 heteroatoms. The molecule has 2 fully saturated rings. The van der Waals surface area contributed by atoms with Gasteiger partial charge in [0, 0.05) is 36.9 Å². The Labute approximate surface area is 269 Å². The summed E-state index contributed by atoms with van der Waals surface area (Å²) < 4.78 is 17.9. The number of rotatable bonds is 9. The Hall–Kier alpha value is -3.51. The highest BCUT2D eigenvalue weighted by Crippen LogP contribution is 2.41. The lowest BCUT2D eigenvalue weighted by molar-refractivity contribution is -0.143. The summed E-state index contributed by atoms with van der Waals surface area (Å²) in [5.74, 6) is 2.70. The van der Waals surface area contributed by atoms with Gasteiger partial charge in [-0.05, 0) is 138 Å². The van der Waals surface area contributed by atoms with Crippen LogP contribution < -0.4 is 19.1 Å². The van der Waals surface area contributed by atoms with Gasteiger partial charge >= 0.3 is 5.97 Å². The van der Waals surface area contributed by atoms with Gasteiger partial charge in [-0.3, -0.25) is 4.79 Å². The van der Waals surface area contributed by atoms with E-state index in [1.165, 1.54) is 40.8 Å². The van der Waals surface area contributed by atoms with Crippen LogP contribution in [0.1, 0.15) is 88.0 Å². The first-order valence-electron chi connectivity index (χ1n) is 16.9. The zero-order chi connectivity index (χ0) is 31.7. The fraction of sp³-hybridized carbons (Fsp3) is 0.513. The topological polar surface area (TPSA) is 51.2 Å². The van der Waals surface area contributed by atoms with Crippen LogP contribution in [-0.2, 0) is 24.2 Å². The second-order valence-corrected chi connectivity index (χ2v) is 14.4. The third-order valence-corrected chi connectivity index (χ3v) is 10.3. The van der Waals surface area contributed by atoms with Gasteiger partial charge in [0.1, 0.15) is 23.4 Å². The molecule has 1 aliphatic carbocycles. The van der Waals surface area contributed by atoms with Crippen molar-refractivity contribution in [3.05, 3.63) is 82.9 Å². The first-order valence-corrected chi connectivity index (χ1v) is 16.9. The molecule has 0 N–H and O–H groups in total. The number of aryl methyl sites for hydroxylation is 1. The maximum atomic E-state index is 12.4. The molecular formula is C39H50N2O4. The van der Waals surface area contributed by atoms with E-state index in [9.17, 15) is 4.79 Å². The minimum Gasteiger partial charge on any atom is -0.497 e. The van der Waals surface area contributed by atoms with Gasteiger partial charge in [-0.2, -0.15) is 0 Å². The SMILES string of the molecule is CCN(Cc1ccc(OC2CC3CCC(C2)N3C)cc1)c1cc(OC)ccc1C1CCc2cc(OC(=O)C(C)(C)C)ccc2C1. The summed E-state index contributed by atoms with van der Waals surface area (Å²) >= 11 is 0. The number of carbonyl (C=O) groups excluding carboxylic acids is 1. The monoisotopic (exact) mass is 610 g/mol. The summed E-state index contributed by atoms with van der Waals surface area (Å²) in [6.07, 6.45) is 8.17. The van der Waals surface area contributed by atoms with E-state index < -0.39 is 5.41 Å². The van der Waals surface area contributed by atoms with Crippen LogP contribution in [0, 0.1) is 5.41 Å². The fourth-order valence-electron chi connectivity index (χ4n) is 7.50. The smallest absolute Gasteiger partial charge is 0.316 e. The number of methoxy groups -OCH3 is 1. The van der Waals surface area contributed by atoms with E-state index in [1.54, 1.807) is 7.11 Å². The van der Waals surface area contributed by atoms with Gasteiger partial charge in [0.2, 0.25) is 0 Å². The zero-order valence-corrected chi connectivity index (χ0v) is 28.0. The molecule has 6 rings (SSSR count). The summed E-state index contributed by atoms with van der Waals surface area (Å²) in [4.78, 5) is 17.5. The Morgan fingerprint density at radius 1 is 0.889 bits per heavy atom. The van der Waals surface area contributed by atoms with Crippen LogP contribution >= 0.6 is 0 Å². The number of esters is 1. The highest BCUT2D eigenvalue weighted by Gasteiger charge is 2.39. The minimum atomic E-state index is -0.529. The Bertz CT molecular complexity index is 1480. The fourth-order valence-corrected chi connectivity index (χ4v) is 7.50. The summed E-state index contributed by atoms with van der Waals surface area (Å²) in [7, 11) is 4.02. The number of fused-ring (bicyclic) bond motifs is 3. The molecule has 3 aliphatic rings. The van der Waals surface area contributed by atoms with E-state index in [1.807, 2.05) is 26.8 Å². The normalized spacial score (nSPS) is 22.9. The quantitative estimate of drug-likeness (QED) is 0.181. The predicted octanol–water partition coefficient (Wildman–Crippen LogP) is 7.95. The standard InChI is InChI=1S/C39H50N2O4/c1-7-41(25-26-8-15-32(16-9-26)44-35-22-30-13-14-31(23-35)40(30)5)37-24-33(43-6)18-19-36(37)29-11-10-28-21-34(17-12-27(28)20-29)45-38(42)39(2,3)4/h8-9,12,15-19,21,24,29-31,35H,7,10-11,13-14,20,22-23,25H2,1-6H3. The largest absolute Gasteiger partial charge is 0.497 e. The van der Waals surface area contributed by atoms with Crippen LogP contribution in [0.3, 0.4) is 0 Å². The van der Waals surface area contributed by atoms with Crippen molar-refractivity contribution >= 4 is 11.7 Å². The molecule has 2 bridgehead atoms. The van der Waals surface area contributed by atoms with E-state index in [0.717, 1.165) is 56.7 Å². The molecule has 3 atom stereocenters. The third-order valence-electron chi connectivity index (χ3n) is 10.3. The van der Waals surface area contributed by atoms with Gasteiger partial charge in [0.25, 0.3) is 0 Å². The molecule has 2 heterocycles. The highest BCUT2D eigenvalue weighted by atomic mass is 16.5. The number of carbonyl (C=O) groups is 1. The van der Waals surface area contributed by atoms with E-state index in [4.69, 9.17) is 14.2 Å². The van der Waals surface area contributed by atoms with Gasteiger partial charge in [0.05, 0.1) is 12.5 Å². The maximum absolute atomic E-state index is 12.4. The molecule has 0 amide bonds. The van der Waals surface area contributed by atoms with Crippen LogP contribution in [-0.4, -0.2) is 49.8 Å². The maximum Gasteiger partial charge on any atom is 0.316 e. The molecule has 0 radical (unpaired) electrons. The molecule has 2 aliphatic heterocycles. The summed E-state index contributed by atoms with van der Waals surface area (Å²) in [6, 6.07) is 22.8. The minimum absolute atomic E-state index is 0.204. The van der Waals surface area contributed by atoms with Crippen molar-refractivity contribution in [3.8, 4) is 17.2 Å². The van der Waals surface area contributed by atoms with Crippen LogP contribution in [0.5, 0.6) is 17.2 Å². The van der Waals surface area contributed by atoms with E-state index in [-0.39, 0.29) is 5.97 Å². The van der Waals surface area contributed by atoms with Crippen molar-refractivity contribution < 1.29 is 19.0 Å². The number of piperidine rings is 1. The summed E-state index contributed by atoms with van der Waals surface area (Å²) in [6.45, 7) is 9.59. The number of hydrogen-bond acceptors (Lipinski definition) is 6. The molecule has 0 saturated carbocycles. The van der Waals surface area contributed by atoms with E-state index in [0.29, 0.717) is 29.9 Å². The first kappa shape index (κ1) is 31.5. The molecular weight excluding hydrogens is 560 g/mol. The van der Waals surface area contributed by atoms with Crippen LogP contribution in [0.25, 0.3) is 0 Å². The molecule has 0 spiro atoms. The van der Waals surface area contributed by atoms with E-state index in [2.05, 4.69) is 78.4 Å². The average molecular weight is 611 g/mol. The van der Waals surface area contributed by atoms with Crippen LogP contribution in [0.4, 0.5) is 5.69 Å². The lowest BCUT2D eigenvalue weighted by Gasteiger charge is -2.36. The Morgan fingerprint density at radius 3 is 2.24 bits per heavy atom. The Kier molecular flexibility index (Phi) is 9.15. The molecule has 3 aromatic rings. The van der Waals surface area contributed by atoms with Gasteiger partial charge in [0.15, 0.2) is 0 Å².